The van der Waals surface area contributed by atoms with Gasteiger partial charge < -0.3 is 9.80 Å². The van der Waals surface area contributed by atoms with Gasteiger partial charge in [0.1, 0.15) is 0 Å². The minimum Gasteiger partial charge on any atom is -0.325 e. The molecule has 0 spiro atoms. The number of hydrogen-bond acceptors (Lipinski definition) is 3. The van der Waals surface area contributed by atoms with Crippen LogP contribution in [-0.2, 0) is 21.2 Å². The van der Waals surface area contributed by atoms with Crippen LogP contribution in [0.2, 0.25) is 0 Å². The molecule has 1 aliphatic rings. The van der Waals surface area contributed by atoms with Crippen LogP contribution in [0.1, 0.15) is 18.9 Å². The number of carbonyl (C=O) groups is 1. The Bertz CT molecular complexity index is 906. The van der Waals surface area contributed by atoms with E-state index < -0.39 is 10.0 Å². The maximum atomic E-state index is 12.9. The first-order chi connectivity index (χ1) is 13.9. The fourth-order valence-corrected chi connectivity index (χ4v) is 5.05. The predicted octanol–water partition coefficient (Wildman–Crippen LogP) is 1.19. The number of benzene rings is 2. The molecule has 0 aromatic heterocycles. The van der Waals surface area contributed by atoms with Crippen molar-refractivity contribution in [1.29, 1.82) is 0 Å². The molecule has 1 fully saturated rings. The van der Waals surface area contributed by atoms with E-state index in [1.807, 2.05) is 42.5 Å². The Kier molecular flexibility index (Phi) is 7.05. The van der Waals surface area contributed by atoms with E-state index in [1.165, 1.54) is 4.31 Å². The lowest BCUT2D eigenvalue weighted by Crippen LogP contribution is -3.15. The van der Waals surface area contributed by atoms with Gasteiger partial charge in [0.15, 0.2) is 6.54 Å². The molecule has 1 heterocycles. The van der Waals surface area contributed by atoms with Crippen molar-refractivity contribution in [1.82, 2.24) is 4.31 Å². The van der Waals surface area contributed by atoms with Crippen molar-refractivity contribution in [3.63, 3.8) is 0 Å². The highest BCUT2D eigenvalue weighted by Crippen LogP contribution is 2.17. The van der Waals surface area contributed by atoms with E-state index in [1.54, 1.807) is 24.1 Å². The summed E-state index contributed by atoms with van der Waals surface area (Å²) in [7, 11) is -1.70. The molecule has 156 valence electrons. The average molecular weight is 417 g/mol. The lowest BCUT2D eigenvalue weighted by molar-refractivity contribution is -0.895. The lowest BCUT2D eigenvalue weighted by atomic mass is 10.1. The third-order valence-corrected chi connectivity index (χ3v) is 7.36. The van der Waals surface area contributed by atoms with Crippen LogP contribution in [0.15, 0.2) is 59.5 Å². The van der Waals surface area contributed by atoms with Gasteiger partial charge in [0.2, 0.25) is 10.0 Å². The quantitative estimate of drug-likeness (QED) is 0.738. The van der Waals surface area contributed by atoms with E-state index in [9.17, 15) is 13.2 Å². The zero-order chi connectivity index (χ0) is 20.9. The van der Waals surface area contributed by atoms with Gasteiger partial charge in [-0.1, -0.05) is 43.7 Å². The van der Waals surface area contributed by atoms with Gasteiger partial charge in [0.25, 0.3) is 5.91 Å². The number of hydrogen-bond donors (Lipinski definition) is 1. The molecule has 29 heavy (non-hydrogen) atoms. The number of aryl methyl sites for hydroxylation is 1. The van der Waals surface area contributed by atoms with Gasteiger partial charge >= 0.3 is 0 Å². The second-order valence-electron chi connectivity index (χ2n) is 7.51. The number of nitrogens with zero attached hydrogens (tertiary/aromatic N) is 2. The third kappa shape index (κ3) is 5.23. The number of amides is 1. The molecule has 2 aromatic carbocycles. The highest BCUT2D eigenvalue weighted by molar-refractivity contribution is 7.89. The van der Waals surface area contributed by atoms with E-state index in [0.717, 1.165) is 29.0 Å². The largest absolute Gasteiger partial charge is 0.325 e. The molecule has 0 radical (unpaired) electrons. The Morgan fingerprint density at radius 1 is 1.03 bits per heavy atom. The summed E-state index contributed by atoms with van der Waals surface area (Å²) in [5.41, 5.74) is 2.02. The fourth-order valence-electron chi connectivity index (χ4n) is 3.61. The van der Waals surface area contributed by atoms with Gasteiger partial charge in [-0.3, -0.25) is 4.79 Å². The Labute approximate surface area is 173 Å². The topological polar surface area (TPSA) is 62.1 Å². The molecule has 2 aromatic rings. The van der Waals surface area contributed by atoms with Crippen LogP contribution in [0.4, 0.5) is 5.69 Å². The summed E-state index contributed by atoms with van der Waals surface area (Å²) in [4.78, 5) is 15.7. The number of carbonyl (C=O) groups excluding carboxylic acids is 1. The molecule has 0 bridgehead atoms. The number of rotatable bonds is 7. The average Bonchev–Trinajstić information content (AvgIpc) is 2.75. The normalized spacial score (nSPS) is 15.9. The minimum absolute atomic E-state index is 0.0361. The number of likely N-dealkylation sites (N-methyl/N-ethyl adjacent to an activating group) is 1. The zero-order valence-electron chi connectivity index (χ0n) is 17.2. The van der Waals surface area contributed by atoms with E-state index >= 15 is 0 Å². The summed E-state index contributed by atoms with van der Waals surface area (Å²) in [6, 6.07) is 16.8. The number of nitrogens with one attached hydrogen (secondary N) is 1. The monoisotopic (exact) mass is 416 g/mol. The molecule has 0 aliphatic carbocycles. The molecule has 0 atom stereocenters. The van der Waals surface area contributed by atoms with Crippen LogP contribution in [-0.4, -0.2) is 58.4 Å². The van der Waals surface area contributed by atoms with Crippen molar-refractivity contribution in [2.24, 2.45) is 0 Å². The Morgan fingerprint density at radius 2 is 1.66 bits per heavy atom. The van der Waals surface area contributed by atoms with Crippen molar-refractivity contribution < 1.29 is 18.1 Å². The first kappa shape index (κ1) is 21.5. The second-order valence-corrected chi connectivity index (χ2v) is 9.45. The summed E-state index contributed by atoms with van der Waals surface area (Å²) in [6.07, 6.45) is 1.99. The van der Waals surface area contributed by atoms with Crippen molar-refractivity contribution in [3.05, 3.63) is 60.2 Å². The SMILES string of the molecule is CCCc1ccc(S(=O)(=O)N2CC[NH+](CC(=O)N(C)c3ccccc3)CC2)cc1. The van der Waals surface area contributed by atoms with Crippen LogP contribution >= 0.6 is 0 Å². The van der Waals surface area contributed by atoms with Crippen LogP contribution < -0.4 is 9.80 Å². The van der Waals surface area contributed by atoms with Gasteiger partial charge in [-0.15, -0.1) is 0 Å². The number of anilines is 1. The van der Waals surface area contributed by atoms with Crippen molar-refractivity contribution in [2.45, 2.75) is 24.7 Å². The van der Waals surface area contributed by atoms with Crippen LogP contribution in [0.3, 0.4) is 0 Å². The highest BCUT2D eigenvalue weighted by atomic mass is 32.2. The molecule has 1 N–H and O–H groups in total. The lowest BCUT2D eigenvalue weighted by Gasteiger charge is -2.32. The fraction of sp³-hybridized carbons (Fsp3) is 0.409. The molecule has 7 heteroatoms. The zero-order valence-corrected chi connectivity index (χ0v) is 18.0. The molecule has 3 rings (SSSR count). The van der Waals surface area contributed by atoms with Crippen LogP contribution in [0.25, 0.3) is 0 Å². The number of sulfonamides is 1. The molecule has 6 nitrogen and oxygen atoms in total. The molecule has 0 saturated carbocycles. The second kappa shape index (κ2) is 9.52. The Balaban J connectivity index is 1.56. The Morgan fingerprint density at radius 3 is 2.24 bits per heavy atom. The van der Waals surface area contributed by atoms with Gasteiger partial charge in [-0.25, -0.2) is 8.42 Å². The van der Waals surface area contributed by atoms with Crippen molar-refractivity contribution >= 4 is 21.6 Å². The van der Waals surface area contributed by atoms with E-state index in [2.05, 4.69) is 6.92 Å². The molecule has 1 saturated heterocycles. The van der Waals surface area contributed by atoms with Gasteiger partial charge in [0.05, 0.1) is 31.1 Å². The first-order valence-electron chi connectivity index (χ1n) is 10.2. The predicted molar refractivity (Wildman–Crippen MR) is 115 cm³/mol. The van der Waals surface area contributed by atoms with Gasteiger partial charge in [-0.2, -0.15) is 4.31 Å². The van der Waals surface area contributed by atoms with E-state index in [0.29, 0.717) is 37.6 Å². The minimum atomic E-state index is -3.48. The van der Waals surface area contributed by atoms with E-state index in [4.69, 9.17) is 0 Å². The summed E-state index contributed by atoms with van der Waals surface area (Å²) in [6.45, 7) is 4.58. The summed E-state index contributed by atoms with van der Waals surface area (Å²) in [5.74, 6) is 0.0361. The molecular weight excluding hydrogens is 386 g/mol. The van der Waals surface area contributed by atoms with Gasteiger partial charge in [-0.05, 0) is 36.2 Å². The number of para-hydroxylation sites is 1. The van der Waals surface area contributed by atoms with Crippen molar-refractivity contribution in [3.8, 4) is 0 Å². The summed E-state index contributed by atoms with van der Waals surface area (Å²) < 4.78 is 27.4. The van der Waals surface area contributed by atoms with Crippen LogP contribution in [0, 0.1) is 0 Å². The molecular formula is C22H30N3O3S+. The van der Waals surface area contributed by atoms with E-state index in [-0.39, 0.29) is 5.91 Å². The molecule has 1 aliphatic heterocycles. The standard InChI is InChI=1S/C22H29N3O3S/c1-3-7-19-10-12-21(13-11-19)29(27,28)25-16-14-24(15-17-25)18-22(26)23(2)20-8-5-4-6-9-20/h4-6,8-13H,3,7,14-18H2,1-2H3/p+1. The number of piperazine rings is 1. The van der Waals surface area contributed by atoms with Gasteiger partial charge in [0, 0.05) is 12.7 Å². The summed E-state index contributed by atoms with van der Waals surface area (Å²) in [5, 5.41) is 0. The Hall–Kier alpha value is -2.22. The van der Waals surface area contributed by atoms with Crippen molar-refractivity contribution in [2.75, 3.05) is 44.7 Å². The third-order valence-electron chi connectivity index (χ3n) is 5.45. The maximum Gasteiger partial charge on any atom is 0.281 e. The molecule has 1 amide bonds. The maximum absolute atomic E-state index is 12.9. The first-order valence-corrected chi connectivity index (χ1v) is 11.6. The molecule has 0 unspecified atom stereocenters. The summed E-state index contributed by atoms with van der Waals surface area (Å²) >= 11 is 0. The number of quaternary nitrogens is 1. The highest BCUT2D eigenvalue weighted by Gasteiger charge is 2.31. The smallest absolute Gasteiger partial charge is 0.281 e. The van der Waals surface area contributed by atoms with Crippen LogP contribution in [0.5, 0.6) is 0 Å².